The lowest BCUT2D eigenvalue weighted by molar-refractivity contribution is 0.199. The number of benzene rings is 1. The maximum atomic E-state index is 9.50. The minimum Gasteiger partial charge on any atom is -0.389 e. The van der Waals surface area contributed by atoms with Crippen molar-refractivity contribution in [1.29, 1.82) is 0 Å². The first-order valence-electron chi connectivity index (χ1n) is 6.70. The molecule has 3 nitrogen and oxygen atoms in total. The second-order valence-corrected chi connectivity index (χ2v) is 5.07. The first-order valence-corrected chi connectivity index (χ1v) is 6.70. The summed E-state index contributed by atoms with van der Waals surface area (Å²) in [6.07, 6.45) is 2.37. The average molecular weight is 254 g/mol. The van der Waals surface area contributed by atoms with Crippen LogP contribution in [0.5, 0.6) is 0 Å². The van der Waals surface area contributed by atoms with Crippen molar-refractivity contribution in [3.63, 3.8) is 0 Å². The maximum Gasteiger partial charge on any atom is 0.128 e. The summed E-state index contributed by atoms with van der Waals surface area (Å²) in [6, 6.07) is 12.5. The zero-order valence-electron chi connectivity index (χ0n) is 11.1. The van der Waals surface area contributed by atoms with Crippen LogP contribution in [0.4, 0.5) is 5.82 Å². The molecule has 1 aliphatic rings. The fraction of sp³-hybridized carbons (Fsp3) is 0.312. The van der Waals surface area contributed by atoms with E-state index in [1.807, 2.05) is 12.1 Å². The average Bonchev–Trinajstić information content (AvgIpc) is 2.47. The molecule has 0 spiro atoms. The van der Waals surface area contributed by atoms with Crippen molar-refractivity contribution in [2.24, 2.45) is 0 Å². The van der Waals surface area contributed by atoms with Crippen LogP contribution in [0.2, 0.25) is 0 Å². The van der Waals surface area contributed by atoms with Gasteiger partial charge in [0.2, 0.25) is 0 Å². The van der Waals surface area contributed by atoms with E-state index in [0.29, 0.717) is 0 Å². The van der Waals surface area contributed by atoms with Gasteiger partial charge in [-0.05, 0) is 36.1 Å². The molecule has 3 rings (SSSR count). The van der Waals surface area contributed by atoms with E-state index in [0.717, 1.165) is 30.9 Å². The summed E-state index contributed by atoms with van der Waals surface area (Å²) < 4.78 is 0. The number of fused-ring (bicyclic) bond motifs is 1. The van der Waals surface area contributed by atoms with Gasteiger partial charge in [0, 0.05) is 19.3 Å². The van der Waals surface area contributed by atoms with Crippen LogP contribution < -0.4 is 4.90 Å². The van der Waals surface area contributed by atoms with Gasteiger partial charge in [0.05, 0.1) is 6.10 Å². The van der Waals surface area contributed by atoms with Gasteiger partial charge in [0.15, 0.2) is 0 Å². The van der Waals surface area contributed by atoms with Gasteiger partial charge < -0.3 is 10.0 Å². The quantitative estimate of drug-likeness (QED) is 0.895. The van der Waals surface area contributed by atoms with Crippen molar-refractivity contribution >= 4 is 5.82 Å². The fourth-order valence-electron chi connectivity index (χ4n) is 2.52. The molecule has 2 aromatic rings. The van der Waals surface area contributed by atoms with Crippen molar-refractivity contribution in [3.05, 3.63) is 59.3 Å². The fourth-order valence-corrected chi connectivity index (χ4v) is 2.52. The summed E-state index contributed by atoms with van der Waals surface area (Å²) in [5, 5.41) is 9.50. The Hall–Kier alpha value is -1.87. The Labute approximate surface area is 113 Å². The third kappa shape index (κ3) is 2.47. The van der Waals surface area contributed by atoms with Crippen molar-refractivity contribution < 1.29 is 5.11 Å². The molecule has 0 aliphatic carbocycles. The number of aliphatic hydroxyl groups excluding tert-OH is 1. The molecular formula is C16H18N2O. The van der Waals surface area contributed by atoms with Crippen molar-refractivity contribution in [3.8, 4) is 0 Å². The normalized spacial score (nSPS) is 16.0. The number of aromatic nitrogens is 1. The standard InChI is InChI=1S/C16H18N2O/c1-12(19)14-6-7-16(17-10-14)18-9-8-13-4-2-3-5-15(13)11-18/h2-7,10,12,19H,8-9,11H2,1H3/t12-/m1/s1. The minimum absolute atomic E-state index is 0.455. The molecule has 0 saturated carbocycles. The highest BCUT2D eigenvalue weighted by atomic mass is 16.3. The Balaban J connectivity index is 1.81. The molecule has 0 unspecified atom stereocenters. The van der Waals surface area contributed by atoms with Gasteiger partial charge in [-0.2, -0.15) is 0 Å². The van der Waals surface area contributed by atoms with E-state index < -0.39 is 6.10 Å². The Bertz CT molecular complexity index is 563. The van der Waals surface area contributed by atoms with E-state index in [-0.39, 0.29) is 0 Å². The minimum atomic E-state index is -0.455. The monoisotopic (exact) mass is 254 g/mol. The Kier molecular flexibility index (Phi) is 3.22. The van der Waals surface area contributed by atoms with Crippen LogP contribution in [-0.2, 0) is 13.0 Å². The van der Waals surface area contributed by atoms with Crippen LogP contribution in [0.3, 0.4) is 0 Å². The summed E-state index contributed by atoms with van der Waals surface area (Å²) in [6.45, 7) is 3.67. The molecule has 0 fully saturated rings. The van der Waals surface area contributed by atoms with Crippen LogP contribution in [-0.4, -0.2) is 16.6 Å². The van der Waals surface area contributed by atoms with Gasteiger partial charge >= 0.3 is 0 Å². The molecule has 1 aromatic carbocycles. The van der Waals surface area contributed by atoms with Crippen molar-refractivity contribution in [2.75, 3.05) is 11.4 Å². The molecule has 1 aliphatic heterocycles. The lowest BCUT2D eigenvalue weighted by Gasteiger charge is -2.29. The van der Waals surface area contributed by atoms with E-state index in [1.165, 1.54) is 11.1 Å². The molecule has 0 radical (unpaired) electrons. The lowest BCUT2D eigenvalue weighted by Crippen LogP contribution is -2.30. The van der Waals surface area contributed by atoms with Gasteiger partial charge in [0.1, 0.15) is 5.82 Å². The molecule has 2 heterocycles. The van der Waals surface area contributed by atoms with Gasteiger partial charge in [-0.1, -0.05) is 30.3 Å². The lowest BCUT2D eigenvalue weighted by atomic mass is 10.00. The summed E-state index contributed by atoms with van der Waals surface area (Å²) in [7, 11) is 0. The molecule has 19 heavy (non-hydrogen) atoms. The van der Waals surface area contributed by atoms with Crippen LogP contribution >= 0.6 is 0 Å². The van der Waals surface area contributed by atoms with Crippen LogP contribution in [0.25, 0.3) is 0 Å². The van der Waals surface area contributed by atoms with Crippen molar-refractivity contribution in [1.82, 2.24) is 4.98 Å². The number of hydrogen-bond acceptors (Lipinski definition) is 3. The van der Waals surface area contributed by atoms with Crippen molar-refractivity contribution in [2.45, 2.75) is 26.0 Å². The highest BCUT2D eigenvalue weighted by molar-refractivity contribution is 5.44. The highest BCUT2D eigenvalue weighted by Crippen LogP contribution is 2.23. The zero-order valence-corrected chi connectivity index (χ0v) is 11.1. The van der Waals surface area contributed by atoms with Crippen LogP contribution in [0, 0.1) is 0 Å². The number of hydrogen-bond donors (Lipinski definition) is 1. The zero-order chi connectivity index (χ0) is 13.2. The van der Waals surface area contributed by atoms with Crippen LogP contribution in [0.1, 0.15) is 29.7 Å². The van der Waals surface area contributed by atoms with Gasteiger partial charge in [-0.3, -0.25) is 0 Å². The first kappa shape index (κ1) is 12.2. The number of aliphatic hydroxyl groups is 1. The Morgan fingerprint density at radius 3 is 2.63 bits per heavy atom. The third-order valence-electron chi connectivity index (χ3n) is 3.71. The smallest absolute Gasteiger partial charge is 0.128 e. The molecule has 3 heteroatoms. The summed E-state index contributed by atoms with van der Waals surface area (Å²) in [4.78, 5) is 6.75. The number of anilines is 1. The molecule has 1 N–H and O–H groups in total. The summed E-state index contributed by atoms with van der Waals surface area (Å²) in [5.41, 5.74) is 3.69. The van der Waals surface area contributed by atoms with E-state index >= 15 is 0 Å². The second kappa shape index (κ2) is 5.02. The number of rotatable bonds is 2. The van der Waals surface area contributed by atoms with E-state index in [4.69, 9.17) is 0 Å². The molecule has 0 saturated heterocycles. The predicted molar refractivity (Wildman–Crippen MR) is 76.1 cm³/mol. The summed E-state index contributed by atoms with van der Waals surface area (Å²) in [5.74, 6) is 0.985. The van der Waals surface area contributed by atoms with Crippen LogP contribution in [0.15, 0.2) is 42.6 Å². The topological polar surface area (TPSA) is 36.4 Å². The number of nitrogens with zero attached hydrogens (tertiary/aromatic N) is 2. The first-order chi connectivity index (χ1) is 9.24. The second-order valence-electron chi connectivity index (χ2n) is 5.07. The summed E-state index contributed by atoms with van der Waals surface area (Å²) >= 11 is 0. The highest BCUT2D eigenvalue weighted by Gasteiger charge is 2.16. The number of pyridine rings is 1. The Morgan fingerprint density at radius 2 is 1.95 bits per heavy atom. The largest absolute Gasteiger partial charge is 0.389 e. The van der Waals surface area contributed by atoms with E-state index in [2.05, 4.69) is 34.1 Å². The van der Waals surface area contributed by atoms with E-state index in [9.17, 15) is 5.11 Å². The van der Waals surface area contributed by atoms with Gasteiger partial charge in [-0.25, -0.2) is 4.98 Å². The van der Waals surface area contributed by atoms with E-state index in [1.54, 1.807) is 13.1 Å². The molecule has 0 bridgehead atoms. The third-order valence-corrected chi connectivity index (χ3v) is 3.71. The molecular weight excluding hydrogens is 236 g/mol. The molecule has 0 amide bonds. The molecule has 98 valence electrons. The van der Waals surface area contributed by atoms with Gasteiger partial charge in [0.25, 0.3) is 0 Å². The Morgan fingerprint density at radius 1 is 1.16 bits per heavy atom. The maximum absolute atomic E-state index is 9.50. The van der Waals surface area contributed by atoms with Gasteiger partial charge in [-0.15, -0.1) is 0 Å². The SMILES string of the molecule is C[C@@H](O)c1ccc(N2CCc3ccccc3C2)nc1. The molecule has 1 aromatic heterocycles. The molecule has 1 atom stereocenters. The predicted octanol–water partition coefficient (Wildman–Crippen LogP) is 2.70.